The summed E-state index contributed by atoms with van der Waals surface area (Å²) in [5.41, 5.74) is 2.14. The maximum atomic E-state index is 13.2. The van der Waals surface area contributed by atoms with E-state index in [1.165, 1.54) is 11.3 Å². The van der Waals surface area contributed by atoms with Gasteiger partial charge in [-0.2, -0.15) is 5.10 Å². The lowest BCUT2D eigenvalue weighted by atomic mass is 10.3. The number of aromatic nitrogens is 3. The first-order chi connectivity index (χ1) is 12.4. The Hall–Kier alpha value is -1.96. The minimum atomic E-state index is -0.141. The van der Waals surface area contributed by atoms with E-state index in [1.54, 1.807) is 4.90 Å². The first-order valence-electron chi connectivity index (χ1n) is 8.46. The van der Waals surface area contributed by atoms with Crippen molar-refractivity contribution in [3.63, 3.8) is 0 Å². The molecule has 0 N–H and O–H groups in total. The number of fused-ring (bicyclic) bond motifs is 1. The molecule has 1 aromatic carbocycles. The van der Waals surface area contributed by atoms with E-state index < -0.39 is 0 Å². The highest BCUT2D eigenvalue weighted by molar-refractivity contribution is 7.22. The topological polar surface area (TPSA) is 54.3 Å². The zero-order valence-electron chi connectivity index (χ0n) is 15.4. The predicted octanol–water partition coefficient (Wildman–Crippen LogP) is 3.68. The van der Waals surface area contributed by atoms with Crippen LogP contribution in [-0.2, 0) is 6.54 Å². The third-order valence-electron chi connectivity index (χ3n) is 4.11. The minimum Gasteiger partial charge on any atom is -0.308 e. The SMILES string of the molecule is CCn1nc(C(=O)N(CCN(C)C)c2nc3c(Cl)cccc3s2)cc1C. The number of likely N-dealkylation sites (N-methyl/N-ethyl adjacent to an activating group) is 1. The molecule has 2 aromatic heterocycles. The largest absolute Gasteiger partial charge is 0.308 e. The fraction of sp³-hybridized carbons (Fsp3) is 0.389. The number of nitrogens with zero attached hydrogens (tertiary/aromatic N) is 5. The number of benzene rings is 1. The van der Waals surface area contributed by atoms with Gasteiger partial charge in [0.15, 0.2) is 10.8 Å². The van der Waals surface area contributed by atoms with E-state index in [9.17, 15) is 4.79 Å². The Morgan fingerprint density at radius 2 is 2.08 bits per heavy atom. The zero-order valence-corrected chi connectivity index (χ0v) is 16.9. The van der Waals surface area contributed by atoms with Crippen LogP contribution in [0.5, 0.6) is 0 Å². The molecule has 0 fully saturated rings. The standard InChI is InChI=1S/C18H22ClN5OS/c1-5-24-12(2)11-14(21-24)17(25)23(10-9-22(3)4)18-20-16-13(19)7-6-8-15(16)26-18/h6-8,11H,5,9-10H2,1-4H3. The van der Waals surface area contributed by atoms with Crippen molar-refractivity contribution in [1.29, 1.82) is 0 Å². The number of amides is 1. The molecule has 6 nitrogen and oxygen atoms in total. The lowest BCUT2D eigenvalue weighted by molar-refractivity contribution is 0.0979. The van der Waals surface area contributed by atoms with Crippen molar-refractivity contribution in [2.75, 3.05) is 32.1 Å². The number of carbonyl (C=O) groups is 1. The Bertz CT molecular complexity index is 933. The second-order valence-corrected chi connectivity index (χ2v) is 7.75. The van der Waals surface area contributed by atoms with Crippen molar-refractivity contribution in [1.82, 2.24) is 19.7 Å². The second-order valence-electron chi connectivity index (χ2n) is 6.33. The summed E-state index contributed by atoms with van der Waals surface area (Å²) in [6.07, 6.45) is 0. The van der Waals surface area contributed by atoms with Crippen molar-refractivity contribution < 1.29 is 4.79 Å². The van der Waals surface area contributed by atoms with Crippen molar-refractivity contribution in [2.24, 2.45) is 0 Å². The summed E-state index contributed by atoms with van der Waals surface area (Å²) in [7, 11) is 3.96. The Kier molecular flexibility index (Phi) is 5.60. The Balaban J connectivity index is 2.00. The third-order valence-corrected chi connectivity index (χ3v) is 5.45. The number of halogens is 1. The number of para-hydroxylation sites is 1. The quantitative estimate of drug-likeness (QED) is 0.643. The summed E-state index contributed by atoms with van der Waals surface area (Å²) < 4.78 is 2.79. The first kappa shape index (κ1) is 18.8. The highest BCUT2D eigenvalue weighted by Gasteiger charge is 2.24. The van der Waals surface area contributed by atoms with Crippen LogP contribution < -0.4 is 4.90 Å². The van der Waals surface area contributed by atoms with Crippen molar-refractivity contribution in [3.8, 4) is 0 Å². The molecule has 0 atom stereocenters. The molecular formula is C18H22ClN5OS. The molecule has 138 valence electrons. The van der Waals surface area contributed by atoms with Gasteiger partial charge < -0.3 is 4.90 Å². The van der Waals surface area contributed by atoms with Crippen molar-refractivity contribution >= 4 is 44.2 Å². The summed E-state index contributed by atoms with van der Waals surface area (Å²) in [6, 6.07) is 7.50. The number of rotatable bonds is 6. The van der Waals surface area contributed by atoms with Gasteiger partial charge in [-0.05, 0) is 46.1 Å². The van der Waals surface area contributed by atoms with Gasteiger partial charge in [0.05, 0.1) is 9.72 Å². The van der Waals surface area contributed by atoms with Crippen LogP contribution in [-0.4, -0.2) is 52.8 Å². The lowest BCUT2D eigenvalue weighted by Crippen LogP contribution is -2.37. The summed E-state index contributed by atoms with van der Waals surface area (Å²) in [5, 5.41) is 5.67. The molecular weight excluding hydrogens is 370 g/mol. The van der Waals surface area contributed by atoms with Crippen LogP contribution in [0.3, 0.4) is 0 Å². The lowest BCUT2D eigenvalue weighted by Gasteiger charge is -2.21. The maximum Gasteiger partial charge on any atom is 0.280 e. The maximum absolute atomic E-state index is 13.2. The van der Waals surface area contributed by atoms with Crippen LogP contribution in [0.15, 0.2) is 24.3 Å². The van der Waals surface area contributed by atoms with Gasteiger partial charge in [0.25, 0.3) is 5.91 Å². The Labute approximate surface area is 162 Å². The molecule has 8 heteroatoms. The van der Waals surface area contributed by atoms with Gasteiger partial charge in [0, 0.05) is 25.3 Å². The van der Waals surface area contributed by atoms with Gasteiger partial charge in [-0.25, -0.2) is 4.98 Å². The number of hydrogen-bond donors (Lipinski definition) is 0. The van der Waals surface area contributed by atoms with E-state index in [0.717, 1.165) is 29.0 Å². The summed E-state index contributed by atoms with van der Waals surface area (Å²) in [6.45, 7) is 5.94. The highest BCUT2D eigenvalue weighted by atomic mass is 35.5. The summed E-state index contributed by atoms with van der Waals surface area (Å²) in [5.74, 6) is -0.141. The van der Waals surface area contributed by atoms with Gasteiger partial charge in [-0.15, -0.1) is 0 Å². The Morgan fingerprint density at radius 1 is 1.31 bits per heavy atom. The molecule has 1 amide bonds. The highest BCUT2D eigenvalue weighted by Crippen LogP contribution is 2.33. The fourth-order valence-corrected chi connectivity index (χ4v) is 3.97. The summed E-state index contributed by atoms with van der Waals surface area (Å²) in [4.78, 5) is 21.5. The average Bonchev–Trinajstić information content (AvgIpc) is 3.19. The first-order valence-corrected chi connectivity index (χ1v) is 9.66. The van der Waals surface area contributed by atoms with E-state index in [4.69, 9.17) is 11.6 Å². The number of hydrogen-bond acceptors (Lipinski definition) is 5. The molecule has 26 heavy (non-hydrogen) atoms. The molecule has 0 spiro atoms. The number of anilines is 1. The van der Waals surface area contributed by atoms with Crippen LogP contribution in [0.2, 0.25) is 5.02 Å². The predicted molar refractivity (Wildman–Crippen MR) is 107 cm³/mol. The molecule has 0 bridgehead atoms. The monoisotopic (exact) mass is 391 g/mol. The molecule has 0 radical (unpaired) electrons. The van der Waals surface area contributed by atoms with Crippen molar-refractivity contribution in [3.05, 3.63) is 40.7 Å². The molecule has 3 aromatic rings. The number of aryl methyl sites for hydroxylation is 2. The summed E-state index contributed by atoms with van der Waals surface area (Å²) >= 11 is 7.73. The number of carbonyl (C=O) groups excluding carboxylic acids is 1. The molecule has 0 saturated carbocycles. The minimum absolute atomic E-state index is 0.141. The molecule has 0 unspecified atom stereocenters. The molecule has 0 aliphatic rings. The van der Waals surface area contributed by atoms with E-state index in [1.807, 2.05) is 61.8 Å². The van der Waals surface area contributed by atoms with Gasteiger partial charge >= 0.3 is 0 Å². The van der Waals surface area contributed by atoms with Gasteiger partial charge in [0.2, 0.25) is 0 Å². The third kappa shape index (κ3) is 3.75. The van der Waals surface area contributed by atoms with Crippen LogP contribution in [0.25, 0.3) is 10.2 Å². The van der Waals surface area contributed by atoms with Crippen molar-refractivity contribution in [2.45, 2.75) is 20.4 Å². The normalized spacial score (nSPS) is 11.5. The Morgan fingerprint density at radius 3 is 2.69 bits per heavy atom. The van der Waals surface area contributed by atoms with E-state index in [2.05, 4.69) is 10.1 Å². The zero-order chi connectivity index (χ0) is 18.8. The molecule has 2 heterocycles. The average molecular weight is 392 g/mol. The van der Waals surface area contributed by atoms with Crippen LogP contribution in [0, 0.1) is 6.92 Å². The smallest absolute Gasteiger partial charge is 0.280 e. The number of thiazole rings is 1. The van der Waals surface area contributed by atoms with Crippen LogP contribution >= 0.6 is 22.9 Å². The molecule has 0 aliphatic carbocycles. The van der Waals surface area contributed by atoms with E-state index in [-0.39, 0.29) is 5.91 Å². The van der Waals surface area contributed by atoms with Gasteiger partial charge in [0.1, 0.15) is 5.52 Å². The molecule has 0 aliphatic heterocycles. The molecule has 3 rings (SSSR count). The van der Waals surface area contributed by atoms with Crippen LogP contribution in [0.4, 0.5) is 5.13 Å². The van der Waals surface area contributed by atoms with E-state index in [0.29, 0.717) is 22.4 Å². The van der Waals surface area contributed by atoms with Gasteiger partial charge in [-0.1, -0.05) is 29.0 Å². The van der Waals surface area contributed by atoms with Gasteiger partial charge in [-0.3, -0.25) is 14.4 Å². The molecule has 0 saturated heterocycles. The fourth-order valence-electron chi connectivity index (χ4n) is 2.68. The van der Waals surface area contributed by atoms with E-state index >= 15 is 0 Å². The van der Waals surface area contributed by atoms with Crippen LogP contribution in [0.1, 0.15) is 23.1 Å². The second kappa shape index (κ2) is 7.73.